The first kappa shape index (κ1) is 13.6. The largest absolute Gasteiger partial charge is 0.411 e. The topological polar surface area (TPSA) is 41.6 Å². The first-order valence-corrected chi connectivity index (χ1v) is 6.11. The number of hydrogen-bond donors (Lipinski definition) is 1. The number of likely N-dealkylation sites (tertiary alicyclic amines) is 1. The Hall–Kier alpha value is -0.820. The van der Waals surface area contributed by atoms with Crippen LogP contribution in [0.5, 0.6) is 0 Å². The van der Waals surface area contributed by atoms with Crippen molar-refractivity contribution in [2.75, 3.05) is 32.8 Å². The second kappa shape index (κ2) is 5.44. The molecule has 1 N–H and O–H groups in total. The summed E-state index contributed by atoms with van der Waals surface area (Å²) in [5.74, 6) is 0.387. The number of carbonyl (C=O) groups is 1. The van der Waals surface area contributed by atoms with E-state index in [1.165, 1.54) is 0 Å². The van der Waals surface area contributed by atoms with Gasteiger partial charge in [0.05, 0.1) is 13.0 Å². The van der Waals surface area contributed by atoms with Gasteiger partial charge < -0.3 is 15.0 Å². The summed E-state index contributed by atoms with van der Waals surface area (Å²) in [7, 11) is 0. The number of hydrogen-bond acceptors (Lipinski definition) is 3. The van der Waals surface area contributed by atoms with Crippen molar-refractivity contribution >= 4 is 5.91 Å². The highest BCUT2D eigenvalue weighted by Gasteiger charge is 2.37. The Balaban J connectivity index is 1.64. The van der Waals surface area contributed by atoms with Crippen LogP contribution in [-0.2, 0) is 9.53 Å². The van der Waals surface area contributed by atoms with Gasteiger partial charge in [-0.2, -0.15) is 13.2 Å². The van der Waals surface area contributed by atoms with E-state index < -0.39 is 12.8 Å². The van der Waals surface area contributed by atoms with Crippen LogP contribution in [0.3, 0.4) is 0 Å². The van der Waals surface area contributed by atoms with Crippen molar-refractivity contribution in [2.24, 2.45) is 5.92 Å². The maximum absolute atomic E-state index is 11.8. The third kappa shape index (κ3) is 3.58. The molecule has 0 bridgehead atoms. The Kier molecular flexibility index (Phi) is 4.11. The normalized spacial score (nSPS) is 27.6. The molecule has 0 unspecified atom stereocenters. The van der Waals surface area contributed by atoms with E-state index in [1.807, 2.05) is 0 Å². The van der Waals surface area contributed by atoms with Crippen LogP contribution in [0.2, 0.25) is 0 Å². The predicted molar refractivity (Wildman–Crippen MR) is 58.0 cm³/mol. The van der Waals surface area contributed by atoms with E-state index in [-0.39, 0.29) is 18.9 Å². The van der Waals surface area contributed by atoms with Crippen molar-refractivity contribution in [2.45, 2.75) is 25.1 Å². The van der Waals surface area contributed by atoms with Gasteiger partial charge >= 0.3 is 6.18 Å². The van der Waals surface area contributed by atoms with Crippen LogP contribution in [0.1, 0.15) is 12.8 Å². The molecule has 18 heavy (non-hydrogen) atoms. The van der Waals surface area contributed by atoms with Gasteiger partial charge in [-0.25, -0.2) is 0 Å². The molecule has 0 aromatic heterocycles. The van der Waals surface area contributed by atoms with Crippen LogP contribution in [0, 0.1) is 5.92 Å². The van der Waals surface area contributed by atoms with Crippen molar-refractivity contribution < 1.29 is 22.7 Å². The van der Waals surface area contributed by atoms with E-state index in [0.717, 1.165) is 19.5 Å². The summed E-state index contributed by atoms with van der Waals surface area (Å²) in [5.41, 5.74) is 0. The molecule has 2 atom stereocenters. The second-order valence-electron chi connectivity index (χ2n) is 4.83. The summed E-state index contributed by atoms with van der Waals surface area (Å²) < 4.78 is 39.9. The Bertz CT molecular complexity index is 297. The second-order valence-corrected chi connectivity index (χ2v) is 4.83. The van der Waals surface area contributed by atoms with E-state index in [1.54, 1.807) is 4.90 Å². The summed E-state index contributed by atoms with van der Waals surface area (Å²) in [6.07, 6.45) is -3.23. The van der Waals surface area contributed by atoms with Gasteiger partial charge in [0, 0.05) is 19.1 Å². The van der Waals surface area contributed by atoms with E-state index in [9.17, 15) is 18.0 Å². The van der Waals surface area contributed by atoms with Crippen LogP contribution in [0.4, 0.5) is 13.2 Å². The summed E-state index contributed by atoms with van der Waals surface area (Å²) in [6.45, 7) is 0.926. The molecule has 0 aromatic rings. The minimum atomic E-state index is -4.32. The minimum Gasteiger partial charge on any atom is -0.372 e. The molecular formula is C11H17F3N2O2. The first-order chi connectivity index (χ1) is 8.46. The third-order valence-corrected chi connectivity index (χ3v) is 3.44. The number of nitrogens with zero attached hydrogens (tertiary/aromatic N) is 1. The zero-order chi connectivity index (χ0) is 13.2. The fourth-order valence-electron chi connectivity index (χ4n) is 2.56. The van der Waals surface area contributed by atoms with Crippen molar-refractivity contribution in [1.82, 2.24) is 10.2 Å². The summed E-state index contributed by atoms with van der Waals surface area (Å²) in [5, 5.41) is 3.32. The van der Waals surface area contributed by atoms with Crippen molar-refractivity contribution in [1.29, 1.82) is 0 Å². The van der Waals surface area contributed by atoms with E-state index in [4.69, 9.17) is 0 Å². The van der Waals surface area contributed by atoms with Crippen molar-refractivity contribution in [3.05, 3.63) is 0 Å². The lowest BCUT2D eigenvalue weighted by atomic mass is 10.1. The van der Waals surface area contributed by atoms with Crippen LogP contribution < -0.4 is 5.32 Å². The molecule has 2 rings (SSSR count). The summed E-state index contributed by atoms with van der Waals surface area (Å²) in [6, 6.07) is 0.366. The Labute approximate surface area is 103 Å². The molecular weight excluding hydrogens is 249 g/mol. The third-order valence-electron chi connectivity index (χ3n) is 3.44. The lowest BCUT2D eigenvalue weighted by Crippen LogP contribution is -2.34. The van der Waals surface area contributed by atoms with Crippen LogP contribution in [0.15, 0.2) is 0 Å². The molecule has 0 radical (unpaired) electrons. The number of rotatable bonds is 4. The van der Waals surface area contributed by atoms with Crippen LogP contribution in [0.25, 0.3) is 0 Å². The molecule has 2 aliphatic rings. The number of fused-ring (bicyclic) bond motifs is 1. The van der Waals surface area contributed by atoms with Gasteiger partial charge in [0.25, 0.3) is 0 Å². The highest BCUT2D eigenvalue weighted by Crippen LogP contribution is 2.24. The van der Waals surface area contributed by atoms with Gasteiger partial charge in [-0.3, -0.25) is 4.79 Å². The molecule has 7 heteroatoms. The van der Waals surface area contributed by atoms with Crippen LogP contribution in [-0.4, -0.2) is 55.9 Å². The van der Waals surface area contributed by atoms with Crippen LogP contribution >= 0.6 is 0 Å². The van der Waals surface area contributed by atoms with Gasteiger partial charge in [0.15, 0.2) is 0 Å². The molecule has 0 spiro atoms. The Morgan fingerprint density at radius 2 is 2.17 bits per heavy atom. The van der Waals surface area contributed by atoms with Crippen molar-refractivity contribution in [3.8, 4) is 0 Å². The summed E-state index contributed by atoms with van der Waals surface area (Å²) >= 11 is 0. The molecule has 0 aliphatic carbocycles. The number of halogens is 3. The summed E-state index contributed by atoms with van der Waals surface area (Å²) in [4.78, 5) is 13.5. The van der Waals surface area contributed by atoms with E-state index in [0.29, 0.717) is 18.5 Å². The van der Waals surface area contributed by atoms with Gasteiger partial charge in [-0.05, 0) is 18.9 Å². The fourth-order valence-corrected chi connectivity index (χ4v) is 2.56. The molecule has 2 aliphatic heterocycles. The van der Waals surface area contributed by atoms with Gasteiger partial charge in [-0.15, -0.1) is 0 Å². The number of amides is 1. The number of alkyl halides is 3. The average Bonchev–Trinajstić information content (AvgIpc) is 2.82. The number of ether oxygens (including phenoxy) is 1. The van der Waals surface area contributed by atoms with Gasteiger partial charge in [0.2, 0.25) is 5.91 Å². The zero-order valence-corrected chi connectivity index (χ0v) is 10.0. The number of carbonyl (C=O) groups excluding carboxylic acids is 1. The van der Waals surface area contributed by atoms with Gasteiger partial charge in [0.1, 0.15) is 6.61 Å². The first-order valence-electron chi connectivity index (χ1n) is 6.11. The SMILES string of the molecule is O=C(CCOCC(F)(F)F)N1C[C@@H]2CCN[C@@H]2C1. The standard InChI is InChI=1S/C11H17F3N2O2/c12-11(13,14)7-18-4-2-10(17)16-5-8-1-3-15-9(8)6-16/h8-9,15H,1-7H2/t8-,9+/m0/s1. The van der Waals surface area contributed by atoms with Crippen molar-refractivity contribution in [3.63, 3.8) is 0 Å². The molecule has 1 amide bonds. The monoisotopic (exact) mass is 266 g/mol. The molecule has 0 aromatic carbocycles. The molecule has 2 heterocycles. The quantitative estimate of drug-likeness (QED) is 0.764. The molecule has 4 nitrogen and oxygen atoms in total. The fraction of sp³-hybridized carbons (Fsp3) is 0.909. The Morgan fingerprint density at radius 1 is 1.39 bits per heavy atom. The molecule has 2 saturated heterocycles. The smallest absolute Gasteiger partial charge is 0.372 e. The molecule has 0 saturated carbocycles. The van der Waals surface area contributed by atoms with E-state index >= 15 is 0 Å². The maximum atomic E-state index is 11.8. The highest BCUT2D eigenvalue weighted by molar-refractivity contribution is 5.76. The highest BCUT2D eigenvalue weighted by atomic mass is 19.4. The Morgan fingerprint density at radius 3 is 2.83 bits per heavy atom. The average molecular weight is 266 g/mol. The maximum Gasteiger partial charge on any atom is 0.411 e. The molecule has 104 valence electrons. The lowest BCUT2D eigenvalue weighted by molar-refractivity contribution is -0.175. The molecule has 2 fully saturated rings. The van der Waals surface area contributed by atoms with Gasteiger partial charge in [-0.1, -0.05) is 0 Å². The minimum absolute atomic E-state index is 0.0233. The predicted octanol–water partition coefficient (Wildman–Crippen LogP) is 0.776. The van der Waals surface area contributed by atoms with E-state index in [2.05, 4.69) is 10.1 Å². The number of nitrogens with one attached hydrogen (secondary N) is 1. The zero-order valence-electron chi connectivity index (χ0n) is 10.0. The lowest BCUT2D eigenvalue weighted by Gasteiger charge is -2.17.